The third-order valence-electron chi connectivity index (χ3n) is 4.36. The fraction of sp³-hybridized carbons (Fsp3) is 0.600. The molecule has 1 amide bonds. The molecular formula is C15H20N2O6. The molecular weight excluding hydrogens is 304 g/mol. The number of rotatable bonds is 5. The van der Waals surface area contributed by atoms with E-state index in [4.69, 9.17) is 9.15 Å². The van der Waals surface area contributed by atoms with Gasteiger partial charge >= 0.3 is 11.9 Å². The minimum Gasteiger partial charge on any atom is -0.450 e. The van der Waals surface area contributed by atoms with Crippen molar-refractivity contribution in [2.45, 2.75) is 39.2 Å². The van der Waals surface area contributed by atoms with Crippen molar-refractivity contribution in [3.8, 4) is 0 Å². The van der Waals surface area contributed by atoms with E-state index >= 15 is 0 Å². The summed E-state index contributed by atoms with van der Waals surface area (Å²) >= 11 is 0. The van der Waals surface area contributed by atoms with Gasteiger partial charge in [0.2, 0.25) is 5.76 Å². The molecule has 0 radical (unpaired) electrons. The summed E-state index contributed by atoms with van der Waals surface area (Å²) < 4.78 is 9.53. The van der Waals surface area contributed by atoms with Crippen LogP contribution >= 0.6 is 0 Å². The average Bonchev–Trinajstić information content (AvgIpc) is 3.00. The molecule has 1 N–H and O–H groups in total. The van der Waals surface area contributed by atoms with Crippen molar-refractivity contribution in [2.75, 3.05) is 6.61 Å². The smallest absolute Gasteiger partial charge is 0.433 e. The molecule has 1 aliphatic rings. The number of hydrogen-bond acceptors (Lipinski definition) is 6. The highest BCUT2D eigenvalue weighted by Crippen LogP contribution is 2.29. The van der Waals surface area contributed by atoms with Crippen LogP contribution in [-0.4, -0.2) is 29.4 Å². The second-order valence-corrected chi connectivity index (χ2v) is 5.91. The summed E-state index contributed by atoms with van der Waals surface area (Å²) in [7, 11) is 0. The Morgan fingerprint density at radius 1 is 1.39 bits per heavy atom. The Bertz CT molecular complexity index is 597. The number of nitrogens with zero attached hydrogens (tertiary/aromatic N) is 1. The molecule has 0 unspecified atom stereocenters. The summed E-state index contributed by atoms with van der Waals surface area (Å²) in [5, 5.41) is 13.4. The lowest BCUT2D eigenvalue weighted by Gasteiger charge is -2.34. The molecule has 1 heterocycles. The van der Waals surface area contributed by atoms with Gasteiger partial charge in [0.1, 0.15) is 4.92 Å². The zero-order valence-electron chi connectivity index (χ0n) is 13.1. The summed E-state index contributed by atoms with van der Waals surface area (Å²) in [5.74, 6) is -1.23. The van der Waals surface area contributed by atoms with Crippen LogP contribution in [0.1, 0.15) is 43.7 Å². The molecule has 1 aromatic rings. The molecule has 1 fully saturated rings. The first kappa shape index (κ1) is 17.0. The number of carbonyl (C=O) groups excluding carboxylic acids is 2. The molecule has 0 aromatic carbocycles. The topological polar surface area (TPSA) is 112 Å². The Labute approximate surface area is 133 Å². The van der Waals surface area contributed by atoms with Gasteiger partial charge in [-0.1, -0.05) is 26.7 Å². The van der Waals surface area contributed by atoms with E-state index < -0.39 is 23.4 Å². The van der Waals surface area contributed by atoms with Crippen LogP contribution in [0.3, 0.4) is 0 Å². The predicted octanol–water partition coefficient (Wildman–Crippen LogP) is 2.29. The summed E-state index contributed by atoms with van der Waals surface area (Å²) in [5.41, 5.74) is 0. The molecule has 1 saturated carbocycles. The van der Waals surface area contributed by atoms with E-state index in [1.54, 1.807) is 0 Å². The van der Waals surface area contributed by atoms with Crippen LogP contribution in [0.25, 0.3) is 0 Å². The van der Waals surface area contributed by atoms with Crippen molar-refractivity contribution in [1.82, 2.24) is 5.32 Å². The van der Waals surface area contributed by atoms with Gasteiger partial charge in [0.05, 0.1) is 6.07 Å². The molecule has 126 valence electrons. The maximum atomic E-state index is 11.9. The van der Waals surface area contributed by atoms with E-state index in [9.17, 15) is 19.7 Å². The molecule has 0 saturated heterocycles. The highest BCUT2D eigenvalue weighted by Gasteiger charge is 2.28. The van der Waals surface area contributed by atoms with Crippen LogP contribution in [0.4, 0.5) is 5.88 Å². The number of carbonyl (C=O) groups is 2. The van der Waals surface area contributed by atoms with Gasteiger partial charge in [-0.15, -0.1) is 0 Å². The Morgan fingerprint density at radius 2 is 2.13 bits per heavy atom. The third-order valence-corrected chi connectivity index (χ3v) is 4.36. The fourth-order valence-electron chi connectivity index (χ4n) is 2.77. The van der Waals surface area contributed by atoms with Crippen molar-refractivity contribution in [2.24, 2.45) is 11.8 Å². The maximum Gasteiger partial charge on any atom is 0.433 e. The number of hydrogen-bond donors (Lipinski definition) is 1. The van der Waals surface area contributed by atoms with Gasteiger partial charge in [-0.3, -0.25) is 14.9 Å². The van der Waals surface area contributed by atoms with Gasteiger partial charge in [-0.2, -0.15) is 0 Å². The zero-order valence-corrected chi connectivity index (χ0v) is 13.1. The molecule has 1 aliphatic carbocycles. The van der Waals surface area contributed by atoms with E-state index in [1.807, 2.05) is 0 Å². The van der Waals surface area contributed by atoms with Crippen LogP contribution in [0.15, 0.2) is 16.5 Å². The van der Waals surface area contributed by atoms with Gasteiger partial charge in [0.15, 0.2) is 6.61 Å². The van der Waals surface area contributed by atoms with Crippen molar-refractivity contribution < 1.29 is 23.7 Å². The fourth-order valence-corrected chi connectivity index (χ4v) is 2.77. The van der Waals surface area contributed by atoms with Crippen LogP contribution < -0.4 is 5.32 Å². The van der Waals surface area contributed by atoms with E-state index in [1.165, 1.54) is 0 Å². The molecule has 3 atom stereocenters. The quantitative estimate of drug-likeness (QED) is 0.505. The molecule has 8 heteroatoms. The number of amides is 1. The Balaban J connectivity index is 1.81. The van der Waals surface area contributed by atoms with Crippen molar-refractivity contribution in [1.29, 1.82) is 0 Å². The second-order valence-electron chi connectivity index (χ2n) is 5.91. The minimum absolute atomic E-state index is 0.0784. The normalized spacial score (nSPS) is 24.0. The number of ether oxygens (including phenoxy) is 1. The van der Waals surface area contributed by atoms with Crippen LogP contribution in [-0.2, 0) is 9.53 Å². The van der Waals surface area contributed by atoms with E-state index in [0.717, 1.165) is 31.4 Å². The molecule has 0 bridgehead atoms. The number of nitrogens with one attached hydrogen (secondary N) is 1. The Morgan fingerprint density at radius 3 is 2.78 bits per heavy atom. The molecule has 0 aliphatic heterocycles. The zero-order chi connectivity index (χ0) is 17.0. The first-order chi connectivity index (χ1) is 10.9. The Hall–Kier alpha value is -2.38. The standard InChI is InChI=1S/C15H20N2O6/c1-9-4-3-5-11(10(9)2)16-13(18)8-22-15(19)12-6-7-14(23-12)17(20)21/h6-7,9-11H,3-5,8H2,1-2H3,(H,16,18)/t9-,10+,11+/m0/s1. The third kappa shape index (κ3) is 4.30. The van der Waals surface area contributed by atoms with Crippen molar-refractivity contribution in [3.63, 3.8) is 0 Å². The SMILES string of the molecule is C[C@@H]1[C@@H](C)CCC[C@H]1NC(=O)COC(=O)c1ccc([N+](=O)[O-])o1. The van der Waals surface area contributed by atoms with Gasteiger partial charge in [0.25, 0.3) is 5.91 Å². The molecule has 2 rings (SSSR count). The molecule has 0 spiro atoms. The van der Waals surface area contributed by atoms with Crippen LogP contribution in [0.5, 0.6) is 0 Å². The predicted molar refractivity (Wildman–Crippen MR) is 79.8 cm³/mol. The number of nitro groups is 1. The van der Waals surface area contributed by atoms with Gasteiger partial charge in [-0.05, 0) is 24.3 Å². The largest absolute Gasteiger partial charge is 0.450 e. The second kappa shape index (κ2) is 7.26. The number of esters is 1. The maximum absolute atomic E-state index is 11.9. The highest BCUT2D eigenvalue weighted by atomic mass is 16.7. The van der Waals surface area contributed by atoms with Gasteiger partial charge < -0.3 is 14.5 Å². The summed E-state index contributed by atoms with van der Waals surface area (Å²) in [4.78, 5) is 33.3. The lowest BCUT2D eigenvalue weighted by atomic mass is 9.78. The van der Waals surface area contributed by atoms with E-state index in [0.29, 0.717) is 11.8 Å². The van der Waals surface area contributed by atoms with Crippen LogP contribution in [0.2, 0.25) is 0 Å². The van der Waals surface area contributed by atoms with Crippen LogP contribution in [0, 0.1) is 22.0 Å². The summed E-state index contributed by atoms with van der Waals surface area (Å²) in [6.45, 7) is 3.82. The first-order valence-corrected chi connectivity index (χ1v) is 7.59. The minimum atomic E-state index is -0.904. The van der Waals surface area contributed by atoms with Crippen molar-refractivity contribution >= 4 is 17.8 Å². The van der Waals surface area contributed by atoms with E-state index in [-0.39, 0.29) is 17.7 Å². The van der Waals surface area contributed by atoms with Crippen molar-refractivity contribution in [3.05, 3.63) is 28.0 Å². The van der Waals surface area contributed by atoms with Gasteiger partial charge in [0, 0.05) is 6.04 Å². The van der Waals surface area contributed by atoms with E-state index in [2.05, 4.69) is 19.2 Å². The monoisotopic (exact) mass is 324 g/mol. The number of furan rings is 1. The average molecular weight is 324 g/mol. The lowest BCUT2D eigenvalue weighted by molar-refractivity contribution is -0.402. The molecule has 8 nitrogen and oxygen atoms in total. The molecule has 1 aromatic heterocycles. The van der Waals surface area contributed by atoms with Gasteiger partial charge in [-0.25, -0.2) is 4.79 Å². The Kier molecular flexibility index (Phi) is 5.36. The molecule has 23 heavy (non-hydrogen) atoms. The highest BCUT2D eigenvalue weighted by molar-refractivity contribution is 5.89. The summed E-state index contributed by atoms with van der Waals surface area (Å²) in [6, 6.07) is 2.28. The first-order valence-electron chi connectivity index (χ1n) is 7.59. The lowest BCUT2D eigenvalue weighted by Crippen LogP contribution is -2.45. The summed E-state index contributed by atoms with van der Waals surface area (Å²) in [6.07, 6.45) is 3.13.